The first-order valence-corrected chi connectivity index (χ1v) is 7.93. The highest BCUT2D eigenvalue weighted by atomic mass is 16.6. The Morgan fingerprint density at radius 1 is 1.39 bits per heavy atom. The summed E-state index contributed by atoms with van der Waals surface area (Å²) < 4.78 is 5.77. The zero-order valence-corrected chi connectivity index (χ0v) is 13.9. The molecule has 0 radical (unpaired) electrons. The van der Waals surface area contributed by atoms with Gasteiger partial charge in [0.05, 0.1) is 11.4 Å². The van der Waals surface area contributed by atoms with Crippen LogP contribution in [0, 0.1) is 5.92 Å². The third kappa shape index (κ3) is 4.56. The van der Waals surface area contributed by atoms with Gasteiger partial charge in [0.1, 0.15) is 0 Å². The first-order chi connectivity index (χ1) is 10.8. The number of hydrogen-bond donors (Lipinski definition) is 3. The molecule has 2 atom stereocenters. The van der Waals surface area contributed by atoms with Crippen LogP contribution in [0.5, 0.6) is 0 Å². The molecule has 5 heteroatoms. The van der Waals surface area contributed by atoms with Gasteiger partial charge in [-0.15, -0.1) is 0 Å². The Labute approximate surface area is 137 Å². The summed E-state index contributed by atoms with van der Waals surface area (Å²) in [7, 11) is 0. The molecule has 1 unspecified atom stereocenters. The van der Waals surface area contributed by atoms with Crippen molar-refractivity contribution in [2.45, 2.75) is 51.9 Å². The van der Waals surface area contributed by atoms with Gasteiger partial charge in [-0.05, 0) is 36.5 Å². The Morgan fingerprint density at radius 2 is 2.04 bits per heavy atom. The molecule has 0 aromatic heterocycles. The zero-order valence-electron chi connectivity index (χ0n) is 13.9. The van der Waals surface area contributed by atoms with Crippen LogP contribution in [-0.2, 0) is 16.0 Å². The van der Waals surface area contributed by atoms with E-state index in [4.69, 9.17) is 4.74 Å². The number of carbonyl (C=O) groups is 1. The summed E-state index contributed by atoms with van der Waals surface area (Å²) in [6.45, 7) is 5.54. The number of rotatable bonds is 5. The SMILES string of the molecule is CC(=O)Nc1ccc(CC[C@@]2(C(C)C)CC(O)=CC(O)O2)cc1. The molecular weight excluding hydrogens is 294 g/mol. The van der Waals surface area contributed by atoms with E-state index in [-0.39, 0.29) is 17.6 Å². The average Bonchev–Trinajstić information content (AvgIpc) is 2.45. The van der Waals surface area contributed by atoms with Crippen molar-refractivity contribution in [1.29, 1.82) is 0 Å². The van der Waals surface area contributed by atoms with Gasteiger partial charge >= 0.3 is 0 Å². The van der Waals surface area contributed by atoms with Gasteiger partial charge in [0, 0.05) is 25.1 Å². The molecule has 0 spiro atoms. The summed E-state index contributed by atoms with van der Waals surface area (Å²) in [5.74, 6) is 0.244. The van der Waals surface area contributed by atoms with E-state index in [0.29, 0.717) is 12.8 Å². The van der Waals surface area contributed by atoms with E-state index in [1.54, 1.807) is 0 Å². The van der Waals surface area contributed by atoms with Crippen LogP contribution in [0.3, 0.4) is 0 Å². The lowest BCUT2D eigenvalue weighted by Gasteiger charge is -2.41. The van der Waals surface area contributed by atoms with E-state index in [9.17, 15) is 15.0 Å². The maximum atomic E-state index is 11.0. The fraction of sp³-hybridized carbons (Fsp3) is 0.500. The van der Waals surface area contributed by atoms with Gasteiger partial charge in [-0.1, -0.05) is 26.0 Å². The molecule has 0 fully saturated rings. The van der Waals surface area contributed by atoms with Gasteiger partial charge in [0.2, 0.25) is 5.91 Å². The molecule has 1 heterocycles. The lowest BCUT2D eigenvalue weighted by atomic mass is 9.80. The van der Waals surface area contributed by atoms with Gasteiger partial charge in [-0.3, -0.25) is 4.79 Å². The Kier molecular flexibility index (Phi) is 5.44. The molecule has 5 nitrogen and oxygen atoms in total. The Morgan fingerprint density at radius 3 is 2.57 bits per heavy atom. The van der Waals surface area contributed by atoms with E-state index in [0.717, 1.165) is 17.7 Å². The number of aliphatic hydroxyl groups is 2. The summed E-state index contributed by atoms with van der Waals surface area (Å²) >= 11 is 0. The summed E-state index contributed by atoms with van der Waals surface area (Å²) in [6.07, 6.45) is 2.14. The van der Waals surface area contributed by atoms with Crippen molar-refractivity contribution >= 4 is 11.6 Å². The molecule has 3 N–H and O–H groups in total. The summed E-state index contributed by atoms with van der Waals surface area (Å²) in [5, 5.41) is 22.4. The normalized spacial score (nSPS) is 24.4. The summed E-state index contributed by atoms with van der Waals surface area (Å²) in [5.41, 5.74) is 1.31. The van der Waals surface area contributed by atoms with E-state index in [1.165, 1.54) is 13.0 Å². The van der Waals surface area contributed by atoms with Crippen molar-refractivity contribution < 1.29 is 19.7 Å². The Hall–Kier alpha value is -1.85. The number of aliphatic hydroxyl groups excluding tert-OH is 2. The van der Waals surface area contributed by atoms with Crippen LogP contribution in [0.15, 0.2) is 36.1 Å². The van der Waals surface area contributed by atoms with Gasteiger partial charge in [-0.25, -0.2) is 0 Å². The minimum absolute atomic E-state index is 0.0941. The number of carbonyl (C=O) groups excluding carboxylic acids is 1. The Balaban J connectivity index is 2.05. The zero-order chi connectivity index (χ0) is 17.0. The predicted molar refractivity (Wildman–Crippen MR) is 89.1 cm³/mol. The molecule has 0 saturated heterocycles. The van der Waals surface area contributed by atoms with Crippen LogP contribution < -0.4 is 5.32 Å². The van der Waals surface area contributed by atoms with Crippen LogP contribution >= 0.6 is 0 Å². The molecule has 1 aromatic rings. The van der Waals surface area contributed by atoms with Gasteiger partial charge in [-0.2, -0.15) is 0 Å². The van der Waals surface area contributed by atoms with E-state index in [1.807, 2.05) is 38.1 Å². The average molecular weight is 319 g/mol. The van der Waals surface area contributed by atoms with Crippen LogP contribution in [0.1, 0.15) is 39.2 Å². The van der Waals surface area contributed by atoms with Crippen LogP contribution in [0.2, 0.25) is 0 Å². The van der Waals surface area contributed by atoms with E-state index < -0.39 is 11.9 Å². The largest absolute Gasteiger partial charge is 0.512 e. The number of nitrogens with one attached hydrogen (secondary N) is 1. The highest BCUT2D eigenvalue weighted by Gasteiger charge is 2.40. The fourth-order valence-corrected chi connectivity index (χ4v) is 2.94. The summed E-state index contributed by atoms with van der Waals surface area (Å²) in [4.78, 5) is 11.0. The third-order valence-electron chi connectivity index (χ3n) is 4.33. The quantitative estimate of drug-likeness (QED) is 0.779. The lowest BCUT2D eigenvalue weighted by molar-refractivity contribution is -0.195. The predicted octanol–water partition coefficient (Wildman–Crippen LogP) is 3.15. The topological polar surface area (TPSA) is 78.8 Å². The highest BCUT2D eigenvalue weighted by molar-refractivity contribution is 5.88. The molecule has 0 bridgehead atoms. The minimum atomic E-state index is -1.06. The fourth-order valence-electron chi connectivity index (χ4n) is 2.94. The number of aryl methyl sites for hydroxylation is 1. The standard InChI is InChI=1S/C18H25NO4/c1-12(2)18(11-16(21)10-17(22)23-18)9-8-14-4-6-15(7-5-14)19-13(3)20/h4-7,10,12,17,21-22H,8-9,11H2,1-3H3,(H,19,20)/t17?,18-/m0/s1. The molecule has 126 valence electrons. The second-order valence-corrected chi connectivity index (χ2v) is 6.44. The monoisotopic (exact) mass is 319 g/mol. The second kappa shape index (κ2) is 7.15. The van der Waals surface area contributed by atoms with E-state index >= 15 is 0 Å². The van der Waals surface area contributed by atoms with Gasteiger partial charge < -0.3 is 20.3 Å². The van der Waals surface area contributed by atoms with Gasteiger partial charge in [0.15, 0.2) is 6.29 Å². The molecule has 1 aliphatic rings. The van der Waals surface area contributed by atoms with Crippen LogP contribution in [0.25, 0.3) is 0 Å². The third-order valence-corrected chi connectivity index (χ3v) is 4.33. The van der Waals surface area contributed by atoms with Crippen molar-refractivity contribution in [2.75, 3.05) is 5.32 Å². The number of ether oxygens (including phenoxy) is 1. The van der Waals surface area contributed by atoms with Gasteiger partial charge in [0.25, 0.3) is 0 Å². The number of anilines is 1. The molecule has 1 amide bonds. The first kappa shape index (κ1) is 17.5. The van der Waals surface area contributed by atoms with E-state index in [2.05, 4.69) is 5.32 Å². The minimum Gasteiger partial charge on any atom is -0.512 e. The van der Waals surface area contributed by atoms with Crippen molar-refractivity contribution in [3.8, 4) is 0 Å². The second-order valence-electron chi connectivity index (χ2n) is 6.44. The molecule has 0 aliphatic carbocycles. The molecular formula is C18H25NO4. The molecule has 1 aromatic carbocycles. The maximum Gasteiger partial charge on any atom is 0.221 e. The highest BCUT2D eigenvalue weighted by Crippen LogP contribution is 2.37. The first-order valence-electron chi connectivity index (χ1n) is 7.93. The smallest absolute Gasteiger partial charge is 0.221 e. The molecule has 0 saturated carbocycles. The molecule has 23 heavy (non-hydrogen) atoms. The van der Waals surface area contributed by atoms with Crippen molar-refractivity contribution in [1.82, 2.24) is 0 Å². The Bertz CT molecular complexity index is 579. The number of benzene rings is 1. The van der Waals surface area contributed by atoms with Crippen LogP contribution in [0.4, 0.5) is 5.69 Å². The van der Waals surface area contributed by atoms with Crippen LogP contribution in [-0.4, -0.2) is 28.0 Å². The molecule has 1 aliphatic heterocycles. The lowest BCUT2D eigenvalue weighted by Crippen LogP contribution is -2.44. The van der Waals surface area contributed by atoms with Crippen molar-refractivity contribution in [2.24, 2.45) is 5.92 Å². The van der Waals surface area contributed by atoms with Crippen molar-refractivity contribution in [3.63, 3.8) is 0 Å². The number of amides is 1. The maximum absolute atomic E-state index is 11.0. The number of hydrogen-bond acceptors (Lipinski definition) is 4. The van der Waals surface area contributed by atoms with Crippen molar-refractivity contribution in [3.05, 3.63) is 41.7 Å². The summed E-state index contributed by atoms with van der Waals surface area (Å²) in [6, 6.07) is 7.67. The molecule has 2 rings (SSSR count).